The highest BCUT2D eigenvalue weighted by Crippen LogP contribution is 2.23. The fraction of sp³-hybridized carbons (Fsp3) is 0.929. The molecular formula is C14H27N3O2. The van der Waals surface area contributed by atoms with E-state index in [9.17, 15) is 9.90 Å². The zero-order valence-corrected chi connectivity index (χ0v) is 12.4. The number of piperidine rings is 1. The second-order valence-electron chi connectivity index (χ2n) is 6.41. The molecule has 2 amide bonds. The maximum absolute atomic E-state index is 12.6. The number of urea groups is 1. The van der Waals surface area contributed by atoms with Gasteiger partial charge in [-0.1, -0.05) is 6.92 Å². The lowest BCUT2D eigenvalue weighted by Gasteiger charge is -2.36. The number of amides is 2. The molecule has 2 saturated heterocycles. The van der Waals surface area contributed by atoms with Crippen molar-refractivity contribution in [2.24, 2.45) is 5.92 Å². The Kier molecular flexibility index (Phi) is 4.68. The summed E-state index contributed by atoms with van der Waals surface area (Å²) in [6.07, 6.45) is 2.53. The van der Waals surface area contributed by atoms with Crippen molar-refractivity contribution in [1.29, 1.82) is 0 Å². The van der Waals surface area contributed by atoms with Crippen LogP contribution in [0.15, 0.2) is 0 Å². The number of β-amino-alcohol motifs (C(OH)–C–C–N with tert-alkyl or cyclic N) is 1. The quantitative estimate of drug-likeness (QED) is 0.808. The van der Waals surface area contributed by atoms with Crippen LogP contribution < -0.4 is 0 Å². The van der Waals surface area contributed by atoms with E-state index >= 15 is 0 Å². The Balaban J connectivity index is 1.96. The minimum Gasteiger partial charge on any atom is -0.391 e. The number of carbonyl (C=O) groups excluding carboxylic acids is 1. The molecule has 5 nitrogen and oxygen atoms in total. The summed E-state index contributed by atoms with van der Waals surface area (Å²) in [6, 6.07) is 0.271. The van der Waals surface area contributed by atoms with Gasteiger partial charge in [0.25, 0.3) is 0 Å². The smallest absolute Gasteiger partial charge is 0.320 e. The van der Waals surface area contributed by atoms with Gasteiger partial charge < -0.3 is 19.8 Å². The fourth-order valence-electron chi connectivity index (χ4n) is 3.10. The van der Waals surface area contributed by atoms with Crippen LogP contribution in [0, 0.1) is 5.92 Å². The van der Waals surface area contributed by atoms with Gasteiger partial charge in [0.1, 0.15) is 0 Å². The van der Waals surface area contributed by atoms with Crippen LogP contribution in [0.1, 0.15) is 26.2 Å². The van der Waals surface area contributed by atoms with Gasteiger partial charge in [-0.3, -0.25) is 0 Å². The van der Waals surface area contributed by atoms with E-state index in [0.717, 1.165) is 38.4 Å². The van der Waals surface area contributed by atoms with E-state index in [0.29, 0.717) is 13.0 Å². The van der Waals surface area contributed by atoms with Crippen LogP contribution in [0.3, 0.4) is 0 Å². The van der Waals surface area contributed by atoms with Crippen molar-refractivity contribution in [3.8, 4) is 0 Å². The molecule has 2 rings (SSSR count). The average molecular weight is 269 g/mol. The summed E-state index contributed by atoms with van der Waals surface area (Å²) in [7, 11) is 4.02. The highest BCUT2D eigenvalue weighted by atomic mass is 16.3. The van der Waals surface area contributed by atoms with Crippen molar-refractivity contribution in [1.82, 2.24) is 14.7 Å². The van der Waals surface area contributed by atoms with Crippen molar-refractivity contribution >= 4 is 6.03 Å². The molecule has 0 bridgehead atoms. The van der Waals surface area contributed by atoms with Crippen molar-refractivity contribution in [3.05, 3.63) is 0 Å². The van der Waals surface area contributed by atoms with E-state index in [2.05, 4.69) is 11.8 Å². The van der Waals surface area contributed by atoms with E-state index < -0.39 is 0 Å². The average Bonchev–Trinajstić information content (AvgIpc) is 2.69. The second-order valence-corrected chi connectivity index (χ2v) is 6.41. The van der Waals surface area contributed by atoms with Crippen molar-refractivity contribution in [2.75, 3.05) is 40.3 Å². The summed E-state index contributed by atoms with van der Waals surface area (Å²) in [6.45, 7) is 5.29. The number of likely N-dealkylation sites (N-methyl/N-ethyl adjacent to an activating group) is 1. The minimum absolute atomic E-state index is 0.121. The van der Waals surface area contributed by atoms with Crippen LogP contribution in [-0.2, 0) is 0 Å². The number of aliphatic hydroxyl groups is 1. The molecule has 2 fully saturated rings. The molecular weight excluding hydrogens is 242 g/mol. The van der Waals surface area contributed by atoms with E-state index in [1.807, 2.05) is 23.9 Å². The Morgan fingerprint density at radius 1 is 1.32 bits per heavy atom. The molecule has 0 radical (unpaired) electrons. The Morgan fingerprint density at radius 2 is 1.95 bits per heavy atom. The van der Waals surface area contributed by atoms with E-state index in [-0.39, 0.29) is 18.2 Å². The molecule has 2 heterocycles. The lowest BCUT2D eigenvalue weighted by atomic mass is 9.99. The Morgan fingerprint density at radius 3 is 2.53 bits per heavy atom. The van der Waals surface area contributed by atoms with Crippen molar-refractivity contribution in [2.45, 2.75) is 38.3 Å². The highest BCUT2D eigenvalue weighted by molar-refractivity contribution is 5.75. The summed E-state index contributed by atoms with van der Waals surface area (Å²) in [5.41, 5.74) is 0. The van der Waals surface area contributed by atoms with Crippen LogP contribution in [0.25, 0.3) is 0 Å². The third-order valence-corrected chi connectivity index (χ3v) is 4.27. The summed E-state index contributed by atoms with van der Waals surface area (Å²) < 4.78 is 0. The fourth-order valence-corrected chi connectivity index (χ4v) is 3.10. The van der Waals surface area contributed by atoms with Crippen LogP contribution in [0.5, 0.6) is 0 Å². The number of hydrogen-bond acceptors (Lipinski definition) is 3. The van der Waals surface area contributed by atoms with Crippen molar-refractivity contribution in [3.63, 3.8) is 0 Å². The molecule has 0 aromatic rings. The molecule has 0 aromatic heterocycles. The van der Waals surface area contributed by atoms with E-state index in [1.165, 1.54) is 0 Å². The molecule has 0 aromatic carbocycles. The van der Waals surface area contributed by atoms with E-state index in [1.54, 1.807) is 0 Å². The molecule has 110 valence electrons. The van der Waals surface area contributed by atoms with Gasteiger partial charge in [0.2, 0.25) is 0 Å². The summed E-state index contributed by atoms with van der Waals surface area (Å²) in [4.78, 5) is 18.5. The Hall–Kier alpha value is -0.810. The van der Waals surface area contributed by atoms with Gasteiger partial charge in [0.15, 0.2) is 0 Å². The third-order valence-electron chi connectivity index (χ3n) is 4.27. The number of hydrogen-bond donors (Lipinski definition) is 1. The standard InChI is InChI=1S/C14H27N3O2/c1-11-4-6-16(7-5-11)14(19)17-10-13(18)8-12(17)9-15(2)3/h11-13,18H,4-10H2,1-3H3. The second kappa shape index (κ2) is 6.09. The number of aliphatic hydroxyl groups excluding tert-OH is 1. The number of carbonyl (C=O) groups is 1. The van der Waals surface area contributed by atoms with Crippen molar-refractivity contribution < 1.29 is 9.90 Å². The number of nitrogens with zero attached hydrogens (tertiary/aromatic N) is 3. The van der Waals surface area contributed by atoms with Crippen LogP contribution in [0.2, 0.25) is 0 Å². The van der Waals surface area contributed by atoms with E-state index in [4.69, 9.17) is 0 Å². The number of rotatable bonds is 2. The molecule has 2 aliphatic rings. The van der Waals surface area contributed by atoms with Gasteiger partial charge in [-0.25, -0.2) is 4.79 Å². The first-order valence-electron chi connectivity index (χ1n) is 7.35. The van der Waals surface area contributed by atoms with Crippen LogP contribution in [-0.4, -0.2) is 78.3 Å². The summed E-state index contributed by atoms with van der Waals surface area (Å²) in [5.74, 6) is 0.728. The maximum Gasteiger partial charge on any atom is 0.320 e. The van der Waals surface area contributed by atoms with Crippen LogP contribution >= 0.6 is 0 Å². The number of likely N-dealkylation sites (tertiary alicyclic amines) is 2. The molecule has 2 aliphatic heterocycles. The first-order chi connectivity index (χ1) is 8.97. The third kappa shape index (κ3) is 3.60. The summed E-state index contributed by atoms with van der Waals surface area (Å²) in [5, 5.41) is 9.84. The monoisotopic (exact) mass is 269 g/mol. The largest absolute Gasteiger partial charge is 0.391 e. The summed E-state index contributed by atoms with van der Waals surface area (Å²) >= 11 is 0. The van der Waals surface area contributed by atoms with Gasteiger partial charge in [-0.15, -0.1) is 0 Å². The van der Waals surface area contributed by atoms with Gasteiger partial charge in [0.05, 0.1) is 6.10 Å². The minimum atomic E-state index is -0.363. The van der Waals surface area contributed by atoms with Gasteiger partial charge in [-0.05, 0) is 39.3 Å². The molecule has 0 saturated carbocycles. The lowest BCUT2D eigenvalue weighted by molar-refractivity contribution is 0.119. The lowest BCUT2D eigenvalue weighted by Crippen LogP contribution is -2.50. The van der Waals surface area contributed by atoms with Gasteiger partial charge >= 0.3 is 6.03 Å². The van der Waals surface area contributed by atoms with Gasteiger partial charge in [-0.2, -0.15) is 0 Å². The zero-order valence-electron chi connectivity index (χ0n) is 12.4. The topological polar surface area (TPSA) is 47.0 Å². The Bertz CT molecular complexity index is 314. The molecule has 2 unspecified atom stereocenters. The van der Waals surface area contributed by atoms with Crippen LogP contribution in [0.4, 0.5) is 4.79 Å². The predicted octanol–water partition coefficient (Wildman–Crippen LogP) is 0.835. The first-order valence-corrected chi connectivity index (χ1v) is 7.35. The highest BCUT2D eigenvalue weighted by Gasteiger charge is 2.37. The maximum atomic E-state index is 12.6. The van der Waals surface area contributed by atoms with Gasteiger partial charge in [0, 0.05) is 32.2 Å². The molecule has 5 heteroatoms. The normalized spacial score (nSPS) is 29.3. The first kappa shape index (κ1) is 14.6. The SMILES string of the molecule is CC1CCN(C(=O)N2CC(O)CC2CN(C)C)CC1. The molecule has 19 heavy (non-hydrogen) atoms. The Labute approximate surface area is 116 Å². The predicted molar refractivity (Wildman–Crippen MR) is 75.0 cm³/mol. The molecule has 1 N–H and O–H groups in total. The molecule has 2 atom stereocenters. The molecule has 0 spiro atoms. The zero-order chi connectivity index (χ0) is 14.0. The molecule has 0 aliphatic carbocycles.